The summed E-state index contributed by atoms with van der Waals surface area (Å²) in [7, 11) is 3.26. The van der Waals surface area contributed by atoms with Crippen molar-refractivity contribution in [2.75, 3.05) is 20.8 Å². The van der Waals surface area contributed by atoms with Crippen LogP contribution in [0.2, 0.25) is 0 Å². The summed E-state index contributed by atoms with van der Waals surface area (Å²) in [5, 5.41) is 2.03. The molecule has 134 valence electrons. The Kier molecular flexibility index (Phi) is 4.42. The van der Waals surface area contributed by atoms with Crippen LogP contribution in [-0.4, -0.2) is 31.6 Å². The molecule has 26 heavy (non-hydrogen) atoms. The minimum atomic E-state index is -0.170. The first-order valence-corrected chi connectivity index (χ1v) is 9.23. The molecule has 0 saturated carbocycles. The molecule has 0 spiro atoms. The fourth-order valence-corrected chi connectivity index (χ4v) is 4.31. The lowest BCUT2D eigenvalue weighted by molar-refractivity contribution is 0.0664. The van der Waals surface area contributed by atoms with E-state index in [0.717, 1.165) is 16.9 Å². The molecule has 5 nitrogen and oxygen atoms in total. The zero-order valence-corrected chi connectivity index (χ0v) is 15.4. The third-order valence-electron chi connectivity index (χ3n) is 4.68. The van der Waals surface area contributed by atoms with Crippen molar-refractivity contribution in [1.29, 1.82) is 0 Å². The Hall–Kier alpha value is -2.73. The lowest BCUT2D eigenvalue weighted by Crippen LogP contribution is -2.40. The summed E-state index contributed by atoms with van der Waals surface area (Å²) in [4.78, 5) is 16.0. The van der Waals surface area contributed by atoms with E-state index in [1.807, 2.05) is 28.5 Å². The fraction of sp³-hybridized carbons (Fsp3) is 0.250. The Balaban J connectivity index is 1.83. The zero-order chi connectivity index (χ0) is 18.1. The molecule has 0 saturated heterocycles. The summed E-state index contributed by atoms with van der Waals surface area (Å²) >= 11 is 1.64. The van der Waals surface area contributed by atoms with Crippen LogP contribution < -0.4 is 9.47 Å². The van der Waals surface area contributed by atoms with Gasteiger partial charge in [0.15, 0.2) is 17.3 Å². The molecule has 1 aliphatic rings. The topological polar surface area (TPSA) is 51.9 Å². The third-order valence-corrected chi connectivity index (χ3v) is 5.60. The highest BCUT2D eigenvalue weighted by Gasteiger charge is 2.35. The smallest absolute Gasteiger partial charge is 0.290 e. The highest BCUT2D eigenvalue weighted by Crippen LogP contribution is 2.42. The molecule has 1 aliphatic heterocycles. The first kappa shape index (κ1) is 16.7. The van der Waals surface area contributed by atoms with Crippen molar-refractivity contribution in [3.05, 3.63) is 69.8 Å². The molecule has 3 aromatic rings. The number of thiophene rings is 1. The normalized spacial score (nSPS) is 16.2. The second-order valence-electron chi connectivity index (χ2n) is 6.05. The van der Waals surface area contributed by atoms with Gasteiger partial charge in [0.25, 0.3) is 5.91 Å². The molecule has 1 aromatic carbocycles. The number of amides is 1. The van der Waals surface area contributed by atoms with Gasteiger partial charge in [0, 0.05) is 11.4 Å². The van der Waals surface area contributed by atoms with Crippen molar-refractivity contribution in [2.45, 2.75) is 12.5 Å². The van der Waals surface area contributed by atoms with E-state index in [0.29, 0.717) is 23.8 Å². The Labute approximate surface area is 155 Å². The van der Waals surface area contributed by atoms with Gasteiger partial charge in [-0.1, -0.05) is 6.07 Å². The van der Waals surface area contributed by atoms with Crippen LogP contribution in [0.3, 0.4) is 0 Å². The van der Waals surface area contributed by atoms with Crippen molar-refractivity contribution in [2.24, 2.45) is 0 Å². The molecular formula is C20H19NO4S. The van der Waals surface area contributed by atoms with E-state index >= 15 is 0 Å². The van der Waals surface area contributed by atoms with Crippen LogP contribution in [0.15, 0.2) is 52.5 Å². The van der Waals surface area contributed by atoms with Crippen molar-refractivity contribution < 1.29 is 18.7 Å². The Morgan fingerprint density at radius 1 is 1.19 bits per heavy atom. The Morgan fingerprint density at radius 3 is 2.65 bits per heavy atom. The predicted molar refractivity (Wildman–Crippen MR) is 99.2 cm³/mol. The summed E-state index contributed by atoms with van der Waals surface area (Å²) in [6, 6.07) is 11.3. The van der Waals surface area contributed by atoms with Crippen LogP contribution in [-0.2, 0) is 6.42 Å². The number of carbonyl (C=O) groups excluding carboxylic acids is 1. The Morgan fingerprint density at radius 2 is 2.00 bits per heavy atom. The molecule has 0 N–H and O–H groups in total. The summed E-state index contributed by atoms with van der Waals surface area (Å²) in [6.45, 7) is 0.616. The molecule has 0 aliphatic carbocycles. The van der Waals surface area contributed by atoms with Gasteiger partial charge in [-0.2, -0.15) is 0 Å². The van der Waals surface area contributed by atoms with E-state index in [1.54, 1.807) is 37.7 Å². The minimum Gasteiger partial charge on any atom is -0.493 e. The average molecular weight is 369 g/mol. The second-order valence-corrected chi connectivity index (χ2v) is 7.03. The van der Waals surface area contributed by atoms with Gasteiger partial charge in [0.2, 0.25) is 0 Å². The quantitative estimate of drug-likeness (QED) is 0.693. The first-order valence-electron chi connectivity index (χ1n) is 8.35. The summed E-state index contributed by atoms with van der Waals surface area (Å²) in [6.07, 6.45) is 2.28. The van der Waals surface area contributed by atoms with Crippen LogP contribution >= 0.6 is 11.3 Å². The molecule has 1 atom stereocenters. The molecule has 2 aromatic heterocycles. The van der Waals surface area contributed by atoms with Gasteiger partial charge < -0.3 is 18.8 Å². The van der Waals surface area contributed by atoms with Crippen LogP contribution in [0.25, 0.3) is 0 Å². The fourth-order valence-electron chi connectivity index (χ4n) is 3.46. The molecule has 4 rings (SSSR count). The van der Waals surface area contributed by atoms with E-state index in [9.17, 15) is 4.79 Å². The van der Waals surface area contributed by atoms with Gasteiger partial charge in [-0.3, -0.25) is 4.79 Å². The van der Waals surface area contributed by atoms with Gasteiger partial charge in [-0.05, 0) is 53.3 Å². The van der Waals surface area contributed by atoms with Crippen molar-refractivity contribution in [1.82, 2.24) is 4.90 Å². The van der Waals surface area contributed by atoms with Crippen LogP contribution in [0.5, 0.6) is 11.5 Å². The van der Waals surface area contributed by atoms with Gasteiger partial charge in [-0.15, -0.1) is 11.3 Å². The molecule has 0 bridgehead atoms. The SMILES string of the molecule is COc1cc2c(cc1OC)C(c1cccs1)N(C(=O)c1ccco1)CC2. The number of nitrogens with zero attached hydrogens (tertiary/aromatic N) is 1. The van der Waals surface area contributed by atoms with Crippen LogP contribution in [0.4, 0.5) is 0 Å². The first-order chi connectivity index (χ1) is 12.7. The molecule has 0 radical (unpaired) electrons. The molecule has 1 unspecified atom stereocenters. The molecular weight excluding hydrogens is 350 g/mol. The minimum absolute atomic E-state index is 0.103. The Bertz CT molecular complexity index is 902. The highest BCUT2D eigenvalue weighted by molar-refractivity contribution is 7.10. The number of methoxy groups -OCH3 is 2. The third kappa shape index (κ3) is 2.76. The van der Waals surface area contributed by atoms with Crippen molar-refractivity contribution in [3.63, 3.8) is 0 Å². The van der Waals surface area contributed by atoms with Gasteiger partial charge in [0.1, 0.15) is 0 Å². The predicted octanol–water partition coefficient (Wildman–Crippen LogP) is 4.15. The number of ether oxygens (including phenoxy) is 2. The van der Waals surface area contributed by atoms with Gasteiger partial charge in [-0.25, -0.2) is 0 Å². The van der Waals surface area contributed by atoms with Crippen LogP contribution in [0, 0.1) is 0 Å². The van der Waals surface area contributed by atoms with Crippen molar-refractivity contribution in [3.8, 4) is 11.5 Å². The molecule has 3 heterocycles. The molecule has 1 amide bonds. The standard InChI is InChI=1S/C20H19NO4S/c1-23-16-11-13-7-8-21(20(22)15-5-3-9-25-15)19(18-6-4-10-26-18)14(13)12-17(16)24-2/h3-6,9-12,19H,7-8H2,1-2H3. The summed E-state index contributed by atoms with van der Waals surface area (Å²) in [5.41, 5.74) is 2.24. The number of fused-ring (bicyclic) bond motifs is 1. The number of hydrogen-bond donors (Lipinski definition) is 0. The number of rotatable bonds is 4. The lowest BCUT2D eigenvalue weighted by Gasteiger charge is -2.37. The molecule has 6 heteroatoms. The highest BCUT2D eigenvalue weighted by atomic mass is 32.1. The van der Waals surface area contributed by atoms with Gasteiger partial charge >= 0.3 is 0 Å². The maximum absolute atomic E-state index is 13.0. The van der Waals surface area contributed by atoms with Crippen molar-refractivity contribution >= 4 is 17.2 Å². The maximum Gasteiger partial charge on any atom is 0.290 e. The van der Waals surface area contributed by atoms with E-state index in [4.69, 9.17) is 13.9 Å². The summed E-state index contributed by atoms with van der Waals surface area (Å²) in [5.74, 6) is 1.63. The lowest BCUT2D eigenvalue weighted by atomic mass is 9.90. The van der Waals surface area contributed by atoms with E-state index in [-0.39, 0.29) is 11.9 Å². The van der Waals surface area contributed by atoms with E-state index < -0.39 is 0 Å². The zero-order valence-electron chi connectivity index (χ0n) is 14.6. The maximum atomic E-state index is 13.0. The average Bonchev–Trinajstić information content (AvgIpc) is 3.39. The number of carbonyl (C=O) groups is 1. The van der Waals surface area contributed by atoms with Gasteiger partial charge in [0.05, 0.1) is 26.5 Å². The second kappa shape index (κ2) is 6.88. The van der Waals surface area contributed by atoms with E-state index in [2.05, 4.69) is 6.07 Å². The molecule has 0 fully saturated rings. The monoisotopic (exact) mass is 369 g/mol. The number of benzene rings is 1. The van der Waals surface area contributed by atoms with Crippen LogP contribution in [0.1, 0.15) is 32.6 Å². The van der Waals surface area contributed by atoms with E-state index in [1.165, 1.54) is 11.8 Å². The largest absolute Gasteiger partial charge is 0.493 e. The summed E-state index contributed by atoms with van der Waals surface area (Å²) < 4.78 is 16.3. The number of hydrogen-bond acceptors (Lipinski definition) is 5. The number of furan rings is 1.